The SMILES string of the molecule is CC[C@H](C(=O)NCC(C)C)N(Cc1c(Cl)cccc1Cl)C(=O)COc1ccc([N+](=O)[O-])c(OC)c1. The van der Waals surface area contributed by atoms with Crippen molar-refractivity contribution in [3.05, 3.63) is 62.1 Å². The van der Waals surface area contributed by atoms with Gasteiger partial charge in [0, 0.05) is 40.8 Å². The van der Waals surface area contributed by atoms with Crippen LogP contribution in [0.2, 0.25) is 10.0 Å². The Balaban J connectivity index is 2.30. The third-order valence-corrected chi connectivity index (χ3v) is 5.88. The van der Waals surface area contributed by atoms with Crippen LogP contribution >= 0.6 is 23.2 Å². The van der Waals surface area contributed by atoms with Gasteiger partial charge in [0.05, 0.1) is 12.0 Å². The number of carbonyl (C=O) groups excluding carboxylic acids is 2. The summed E-state index contributed by atoms with van der Waals surface area (Å²) in [5, 5.41) is 14.7. The number of hydrogen-bond donors (Lipinski definition) is 1. The number of nitrogens with zero attached hydrogens (tertiary/aromatic N) is 2. The van der Waals surface area contributed by atoms with Crippen molar-refractivity contribution in [2.75, 3.05) is 20.3 Å². The zero-order valence-corrected chi connectivity index (χ0v) is 21.6. The maximum absolute atomic E-state index is 13.3. The number of rotatable bonds is 12. The average molecular weight is 526 g/mol. The number of halogens is 2. The van der Waals surface area contributed by atoms with E-state index >= 15 is 0 Å². The summed E-state index contributed by atoms with van der Waals surface area (Å²) in [6.07, 6.45) is 0.350. The molecule has 0 heterocycles. The number of benzene rings is 2. The Morgan fingerprint density at radius 1 is 1.17 bits per heavy atom. The number of nitro benzene ring substituents is 1. The van der Waals surface area contributed by atoms with Crippen molar-refractivity contribution in [1.82, 2.24) is 10.2 Å². The molecule has 0 aliphatic heterocycles. The minimum Gasteiger partial charge on any atom is -0.490 e. The monoisotopic (exact) mass is 525 g/mol. The fraction of sp³-hybridized carbons (Fsp3) is 0.417. The first-order valence-corrected chi connectivity index (χ1v) is 11.8. The summed E-state index contributed by atoms with van der Waals surface area (Å²) >= 11 is 12.7. The van der Waals surface area contributed by atoms with Crippen molar-refractivity contribution in [3.8, 4) is 11.5 Å². The second-order valence-electron chi connectivity index (χ2n) is 8.16. The zero-order valence-electron chi connectivity index (χ0n) is 20.0. The molecule has 2 aromatic rings. The van der Waals surface area contributed by atoms with Gasteiger partial charge >= 0.3 is 5.69 Å². The van der Waals surface area contributed by atoms with Gasteiger partial charge in [-0.2, -0.15) is 0 Å². The van der Waals surface area contributed by atoms with Crippen LogP contribution in [-0.4, -0.2) is 47.9 Å². The molecule has 0 aliphatic rings. The lowest BCUT2D eigenvalue weighted by Gasteiger charge is -2.31. The summed E-state index contributed by atoms with van der Waals surface area (Å²) in [5.41, 5.74) is 0.283. The molecule has 1 N–H and O–H groups in total. The van der Waals surface area contributed by atoms with Crippen molar-refractivity contribution < 1.29 is 24.0 Å². The molecule has 2 rings (SSSR count). The van der Waals surface area contributed by atoms with Gasteiger partial charge in [0.1, 0.15) is 11.8 Å². The van der Waals surface area contributed by atoms with Gasteiger partial charge in [-0.3, -0.25) is 19.7 Å². The molecule has 0 saturated carbocycles. The van der Waals surface area contributed by atoms with Gasteiger partial charge in [-0.1, -0.05) is 50.0 Å². The highest BCUT2D eigenvalue weighted by molar-refractivity contribution is 6.36. The van der Waals surface area contributed by atoms with Crippen molar-refractivity contribution in [1.29, 1.82) is 0 Å². The number of nitro groups is 1. The molecule has 9 nitrogen and oxygen atoms in total. The van der Waals surface area contributed by atoms with Crippen molar-refractivity contribution >= 4 is 40.7 Å². The van der Waals surface area contributed by atoms with E-state index in [-0.39, 0.29) is 35.6 Å². The molecule has 0 saturated heterocycles. The molecular formula is C24H29Cl2N3O6. The Labute approximate surface area is 214 Å². The summed E-state index contributed by atoms with van der Waals surface area (Å²) in [5.74, 6) is -0.341. The Hall–Kier alpha value is -3.04. The predicted molar refractivity (Wildman–Crippen MR) is 134 cm³/mol. The lowest BCUT2D eigenvalue weighted by atomic mass is 10.1. The van der Waals surface area contributed by atoms with Crippen molar-refractivity contribution in [2.45, 2.75) is 39.8 Å². The molecule has 0 fully saturated rings. The molecule has 11 heteroatoms. The second-order valence-corrected chi connectivity index (χ2v) is 8.98. The van der Waals surface area contributed by atoms with Gasteiger partial charge < -0.3 is 19.7 Å². The molecule has 0 radical (unpaired) electrons. The highest BCUT2D eigenvalue weighted by Gasteiger charge is 2.30. The van der Waals surface area contributed by atoms with Gasteiger partial charge in [-0.15, -0.1) is 0 Å². The van der Waals surface area contributed by atoms with E-state index in [9.17, 15) is 19.7 Å². The molecule has 190 valence electrons. The smallest absolute Gasteiger partial charge is 0.311 e. The maximum atomic E-state index is 13.3. The first-order chi connectivity index (χ1) is 16.6. The number of nitrogens with one attached hydrogen (secondary N) is 1. The van der Waals surface area contributed by atoms with Crippen LogP contribution < -0.4 is 14.8 Å². The fourth-order valence-electron chi connectivity index (χ4n) is 3.32. The molecule has 0 unspecified atom stereocenters. The van der Waals surface area contributed by atoms with Gasteiger partial charge in [0.15, 0.2) is 6.61 Å². The van der Waals surface area contributed by atoms with Crippen molar-refractivity contribution in [2.24, 2.45) is 5.92 Å². The lowest BCUT2D eigenvalue weighted by Crippen LogP contribution is -2.50. The Morgan fingerprint density at radius 2 is 1.83 bits per heavy atom. The van der Waals surface area contributed by atoms with Gasteiger partial charge in [-0.05, 0) is 30.5 Å². The summed E-state index contributed by atoms with van der Waals surface area (Å²) in [6.45, 7) is 5.79. The molecule has 0 aliphatic carbocycles. The lowest BCUT2D eigenvalue weighted by molar-refractivity contribution is -0.385. The normalized spacial score (nSPS) is 11.6. The minimum absolute atomic E-state index is 0.000785. The van der Waals surface area contributed by atoms with E-state index in [1.165, 1.54) is 30.2 Å². The molecular weight excluding hydrogens is 497 g/mol. The Bertz CT molecular complexity index is 1040. The minimum atomic E-state index is -0.788. The number of amides is 2. The van der Waals surface area contributed by atoms with E-state index in [4.69, 9.17) is 32.7 Å². The second kappa shape index (κ2) is 13.2. The van der Waals surface area contributed by atoms with Crippen LogP contribution in [-0.2, 0) is 16.1 Å². The fourth-order valence-corrected chi connectivity index (χ4v) is 3.84. The van der Waals surface area contributed by atoms with Crippen molar-refractivity contribution in [3.63, 3.8) is 0 Å². The van der Waals surface area contributed by atoms with E-state index in [1.807, 2.05) is 13.8 Å². The standard InChI is InChI=1S/C24H29Cl2N3O6/c1-5-20(24(31)27-12-15(2)3)28(13-17-18(25)7-6-8-19(17)26)23(30)14-35-16-9-10-21(29(32)33)22(11-16)34-4/h6-11,15,20H,5,12-14H2,1-4H3,(H,27,31)/t20-/m1/s1. The Kier molecular flexibility index (Phi) is 10.6. The van der Waals surface area contributed by atoms with E-state index in [0.29, 0.717) is 28.6 Å². The summed E-state index contributed by atoms with van der Waals surface area (Å²) in [4.78, 5) is 38.2. The first kappa shape index (κ1) is 28.2. The number of hydrogen-bond acceptors (Lipinski definition) is 6. The topological polar surface area (TPSA) is 111 Å². The molecule has 35 heavy (non-hydrogen) atoms. The van der Waals surface area contributed by atoms with Gasteiger partial charge in [-0.25, -0.2) is 0 Å². The quantitative estimate of drug-likeness (QED) is 0.312. The first-order valence-electron chi connectivity index (χ1n) is 11.0. The van der Waals surface area contributed by atoms with Crippen LogP contribution in [0.4, 0.5) is 5.69 Å². The molecule has 2 aromatic carbocycles. The van der Waals surface area contributed by atoms with E-state index in [0.717, 1.165) is 0 Å². The summed E-state index contributed by atoms with van der Waals surface area (Å²) < 4.78 is 10.6. The predicted octanol–water partition coefficient (Wildman–Crippen LogP) is 4.87. The van der Waals surface area contributed by atoms with Crippen LogP contribution in [0.1, 0.15) is 32.8 Å². The van der Waals surface area contributed by atoms with E-state index in [2.05, 4.69) is 5.32 Å². The molecule has 1 atom stereocenters. The summed E-state index contributed by atoms with van der Waals surface area (Å²) in [7, 11) is 1.30. The van der Waals surface area contributed by atoms with E-state index in [1.54, 1.807) is 25.1 Å². The number of ether oxygens (including phenoxy) is 2. The van der Waals surface area contributed by atoms with Crippen LogP contribution in [0.25, 0.3) is 0 Å². The van der Waals surface area contributed by atoms with Crippen LogP contribution in [0.15, 0.2) is 36.4 Å². The van der Waals surface area contributed by atoms with Crippen LogP contribution in [0.5, 0.6) is 11.5 Å². The molecule has 0 bridgehead atoms. The third-order valence-electron chi connectivity index (χ3n) is 5.17. The molecule has 2 amide bonds. The maximum Gasteiger partial charge on any atom is 0.311 e. The Morgan fingerprint density at radius 3 is 2.37 bits per heavy atom. The average Bonchev–Trinajstić information content (AvgIpc) is 2.82. The van der Waals surface area contributed by atoms with Crippen LogP contribution in [0, 0.1) is 16.0 Å². The molecule has 0 spiro atoms. The highest BCUT2D eigenvalue weighted by atomic mass is 35.5. The number of carbonyl (C=O) groups is 2. The third kappa shape index (κ3) is 7.73. The van der Waals surface area contributed by atoms with Gasteiger partial charge in [0.2, 0.25) is 11.7 Å². The largest absolute Gasteiger partial charge is 0.490 e. The van der Waals surface area contributed by atoms with Gasteiger partial charge in [0.25, 0.3) is 5.91 Å². The highest BCUT2D eigenvalue weighted by Crippen LogP contribution is 2.31. The molecule has 0 aromatic heterocycles. The van der Waals surface area contributed by atoms with Crippen LogP contribution in [0.3, 0.4) is 0 Å². The summed E-state index contributed by atoms with van der Waals surface area (Å²) in [6, 6.07) is 8.15. The number of methoxy groups -OCH3 is 1. The zero-order chi connectivity index (χ0) is 26.1. The van der Waals surface area contributed by atoms with E-state index < -0.39 is 23.5 Å².